The zero-order valence-electron chi connectivity index (χ0n) is 19.0. The molecule has 2 saturated heterocycles. The van der Waals surface area contributed by atoms with Crippen LogP contribution < -0.4 is 20.3 Å². The van der Waals surface area contributed by atoms with Gasteiger partial charge in [0.2, 0.25) is 0 Å². The molecule has 2 N–H and O–H groups in total. The van der Waals surface area contributed by atoms with E-state index in [-0.39, 0.29) is 24.0 Å². The summed E-state index contributed by atoms with van der Waals surface area (Å²) >= 11 is 0. The summed E-state index contributed by atoms with van der Waals surface area (Å²) < 4.78 is 16.7. The fourth-order valence-electron chi connectivity index (χ4n) is 4.11. The lowest BCUT2D eigenvalue weighted by Crippen LogP contribution is -2.40. The zero-order chi connectivity index (χ0) is 21.0. The maximum Gasteiger partial charge on any atom is 0.190 e. The van der Waals surface area contributed by atoms with Crippen LogP contribution in [0.1, 0.15) is 25.7 Å². The van der Waals surface area contributed by atoms with E-state index in [1.54, 1.807) is 7.11 Å². The van der Waals surface area contributed by atoms with Crippen LogP contribution >= 0.6 is 24.0 Å². The standard InChI is InChI=1S/C23H38N4O3.HI/c1-24-23(25-11-5-13-30-18-19-9-14-29-15-10-19)26-16-20-8-12-27(17-20)21-6-3-4-7-22(21)28-2;/h3-4,6-7,19-20H,5,8-18H2,1-2H3,(H2,24,25,26);1H. The fraction of sp³-hybridized carbons (Fsp3) is 0.696. The first-order chi connectivity index (χ1) is 14.8. The summed E-state index contributed by atoms with van der Waals surface area (Å²) in [5.41, 5.74) is 1.19. The second-order valence-corrected chi connectivity index (χ2v) is 8.14. The van der Waals surface area contributed by atoms with Crippen LogP contribution in [0.5, 0.6) is 5.75 Å². The third-order valence-electron chi connectivity index (χ3n) is 5.95. The molecule has 2 aliphatic rings. The summed E-state index contributed by atoms with van der Waals surface area (Å²) in [6, 6.07) is 8.25. The van der Waals surface area contributed by atoms with Gasteiger partial charge in [-0.25, -0.2) is 0 Å². The molecule has 0 saturated carbocycles. The zero-order valence-corrected chi connectivity index (χ0v) is 21.3. The molecule has 0 aromatic heterocycles. The molecule has 1 atom stereocenters. The second-order valence-electron chi connectivity index (χ2n) is 8.14. The lowest BCUT2D eigenvalue weighted by atomic mass is 10.0. The SMILES string of the molecule is CN=C(NCCCOCC1CCOCC1)NCC1CCN(c2ccccc2OC)C1.I. The minimum Gasteiger partial charge on any atom is -0.495 e. The van der Waals surface area contributed by atoms with Crippen molar-refractivity contribution in [3.05, 3.63) is 24.3 Å². The molecule has 0 radical (unpaired) electrons. The third kappa shape index (κ3) is 8.65. The number of anilines is 1. The highest BCUT2D eigenvalue weighted by Crippen LogP contribution is 2.31. The summed E-state index contributed by atoms with van der Waals surface area (Å²) in [6.07, 6.45) is 4.41. The molecule has 0 amide bonds. The summed E-state index contributed by atoms with van der Waals surface area (Å²) in [5, 5.41) is 6.88. The number of rotatable bonds is 10. The maximum atomic E-state index is 5.83. The first-order valence-corrected chi connectivity index (χ1v) is 11.3. The Hall–Kier alpha value is -1.26. The Morgan fingerprint density at radius 3 is 2.74 bits per heavy atom. The number of aliphatic imine (C=N–C) groups is 1. The number of ether oxygens (including phenoxy) is 3. The van der Waals surface area contributed by atoms with E-state index >= 15 is 0 Å². The van der Waals surface area contributed by atoms with Gasteiger partial charge >= 0.3 is 0 Å². The van der Waals surface area contributed by atoms with E-state index in [1.807, 2.05) is 19.2 Å². The molecular weight excluding hydrogens is 507 g/mol. The molecule has 2 fully saturated rings. The summed E-state index contributed by atoms with van der Waals surface area (Å²) in [4.78, 5) is 6.76. The van der Waals surface area contributed by atoms with Crippen molar-refractivity contribution in [2.24, 2.45) is 16.8 Å². The molecule has 3 rings (SSSR count). The molecular formula is C23H39IN4O3. The van der Waals surface area contributed by atoms with E-state index in [1.165, 1.54) is 12.1 Å². The van der Waals surface area contributed by atoms with Gasteiger partial charge in [-0.1, -0.05) is 12.1 Å². The first-order valence-electron chi connectivity index (χ1n) is 11.3. The lowest BCUT2D eigenvalue weighted by molar-refractivity contribution is 0.0203. The Morgan fingerprint density at radius 2 is 1.97 bits per heavy atom. The second kappa shape index (κ2) is 14.7. The predicted octanol–water partition coefficient (Wildman–Crippen LogP) is 3.14. The van der Waals surface area contributed by atoms with Gasteiger partial charge < -0.3 is 29.7 Å². The Morgan fingerprint density at radius 1 is 1.16 bits per heavy atom. The Kier molecular flexibility index (Phi) is 12.4. The topological polar surface area (TPSA) is 67.4 Å². The molecule has 0 bridgehead atoms. The number of hydrogen-bond acceptors (Lipinski definition) is 5. The number of nitrogens with one attached hydrogen (secondary N) is 2. The Labute approximate surface area is 204 Å². The highest BCUT2D eigenvalue weighted by molar-refractivity contribution is 14.0. The van der Waals surface area contributed by atoms with Gasteiger partial charge in [-0.2, -0.15) is 0 Å². The highest BCUT2D eigenvalue weighted by Gasteiger charge is 2.24. The van der Waals surface area contributed by atoms with Crippen LogP contribution in [0.3, 0.4) is 0 Å². The van der Waals surface area contributed by atoms with E-state index in [2.05, 4.69) is 32.7 Å². The molecule has 7 nitrogen and oxygen atoms in total. The number of para-hydroxylation sites is 2. The summed E-state index contributed by atoms with van der Waals surface area (Å²) in [5.74, 6) is 3.08. The van der Waals surface area contributed by atoms with Crippen LogP contribution in [0.4, 0.5) is 5.69 Å². The van der Waals surface area contributed by atoms with Gasteiger partial charge in [0.1, 0.15) is 5.75 Å². The fourth-order valence-corrected chi connectivity index (χ4v) is 4.11. The van der Waals surface area contributed by atoms with Crippen LogP contribution in [0.25, 0.3) is 0 Å². The minimum absolute atomic E-state index is 0. The number of nitrogens with zero attached hydrogens (tertiary/aromatic N) is 2. The molecule has 2 heterocycles. The number of methoxy groups -OCH3 is 1. The van der Waals surface area contributed by atoms with E-state index in [4.69, 9.17) is 14.2 Å². The normalized spacial score (nSPS) is 19.7. The van der Waals surface area contributed by atoms with Crippen molar-refractivity contribution >= 4 is 35.6 Å². The number of halogens is 1. The van der Waals surface area contributed by atoms with Crippen molar-refractivity contribution in [3.63, 3.8) is 0 Å². The largest absolute Gasteiger partial charge is 0.495 e. The minimum atomic E-state index is 0. The summed E-state index contributed by atoms with van der Waals surface area (Å²) in [6.45, 7) is 7.30. The van der Waals surface area contributed by atoms with Crippen LogP contribution in [0.2, 0.25) is 0 Å². The lowest BCUT2D eigenvalue weighted by Gasteiger charge is -2.22. The summed E-state index contributed by atoms with van der Waals surface area (Å²) in [7, 11) is 3.56. The van der Waals surface area contributed by atoms with E-state index in [9.17, 15) is 0 Å². The number of guanidine groups is 1. The third-order valence-corrected chi connectivity index (χ3v) is 5.95. The monoisotopic (exact) mass is 546 g/mol. The molecule has 2 aliphatic heterocycles. The Bertz CT molecular complexity index is 655. The van der Waals surface area contributed by atoms with E-state index in [0.29, 0.717) is 11.8 Å². The van der Waals surface area contributed by atoms with Gasteiger partial charge in [-0.15, -0.1) is 24.0 Å². The van der Waals surface area contributed by atoms with Gasteiger partial charge in [0, 0.05) is 59.7 Å². The van der Waals surface area contributed by atoms with E-state index in [0.717, 1.165) is 83.6 Å². The number of benzene rings is 1. The van der Waals surface area contributed by atoms with E-state index < -0.39 is 0 Å². The van der Waals surface area contributed by atoms with Crippen molar-refractivity contribution < 1.29 is 14.2 Å². The van der Waals surface area contributed by atoms with Crippen LogP contribution in [-0.2, 0) is 9.47 Å². The highest BCUT2D eigenvalue weighted by atomic mass is 127. The van der Waals surface area contributed by atoms with Crippen LogP contribution in [0, 0.1) is 11.8 Å². The van der Waals surface area contributed by atoms with Crippen molar-refractivity contribution in [3.8, 4) is 5.75 Å². The molecule has 1 unspecified atom stereocenters. The average molecular weight is 546 g/mol. The van der Waals surface area contributed by atoms with Gasteiger partial charge in [-0.3, -0.25) is 4.99 Å². The smallest absolute Gasteiger partial charge is 0.190 e. The average Bonchev–Trinajstić information content (AvgIpc) is 3.27. The first kappa shape index (κ1) is 26.0. The van der Waals surface area contributed by atoms with Crippen molar-refractivity contribution in [1.29, 1.82) is 0 Å². The Balaban J connectivity index is 0.00000341. The molecule has 0 spiro atoms. The molecule has 1 aromatic carbocycles. The van der Waals surface area contributed by atoms with Gasteiger partial charge in [0.05, 0.1) is 12.8 Å². The van der Waals surface area contributed by atoms with Crippen LogP contribution in [-0.4, -0.2) is 72.7 Å². The van der Waals surface area contributed by atoms with Crippen LogP contribution in [0.15, 0.2) is 29.3 Å². The van der Waals surface area contributed by atoms with Crippen molar-refractivity contribution in [2.75, 3.05) is 71.7 Å². The molecule has 8 heteroatoms. The molecule has 176 valence electrons. The van der Waals surface area contributed by atoms with Gasteiger partial charge in [0.25, 0.3) is 0 Å². The quantitative estimate of drug-likeness (QED) is 0.204. The van der Waals surface area contributed by atoms with Gasteiger partial charge in [-0.05, 0) is 49.7 Å². The van der Waals surface area contributed by atoms with Crippen molar-refractivity contribution in [1.82, 2.24) is 10.6 Å². The molecule has 31 heavy (non-hydrogen) atoms. The van der Waals surface area contributed by atoms with Gasteiger partial charge in [0.15, 0.2) is 5.96 Å². The maximum absolute atomic E-state index is 5.83. The predicted molar refractivity (Wildman–Crippen MR) is 137 cm³/mol. The van der Waals surface area contributed by atoms with Crippen molar-refractivity contribution in [2.45, 2.75) is 25.7 Å². The number of hydrogen-bond donors (Lipinski definition) is 2. The molecule has 1 aromatic rings. The molecule has 0 aliphatic carbocycles.